The first-order chi connectivity index (χ1) is 8.65. The Hall–Kier alpha value is -1.54. The van der Waals surface area contributed by atoms with Crippen molar-refractivity contribution in [1.82, 2.24) is 4.90 Å². The Balaban J connectivity index is 2.05. The minimum Gasteiger partial charge on any atom is -0.461 e. The Labute approximate surface area is 108 Å². The van der Waals surface area contributed by atoms with Crippen LogP contribution in [-0.4, -0.2) is 18.5 Å². The molecular formula is C16H19NO. The largest absolute Gasteiger partial charge is 0.461 e. The van der Waals surface area contributed by atoms with Gasteiger partial charge >= 0.3 is 0 Å². The zero-order chi connectivity index (χ0) is 12.7. The molecule has 1 aliphatic heterocycles. The van der Waals surface area contributed by atoms with Crippen LogP contribution in [0, 0.1) is 6.92 Å². The van der Waals surface area contributed by atoms with E-state index in [2.05, 4.69) is 37.1 Å². The predicted octanol–water partition coefficient (Wildman–Crippen LogP) is 3.80. The molecule has 1 aliphatic rings. The zero-order valence-electron chi connectivity index (χ0n) is 11.2. The molecule has 2 nitrogen and oxygen atoms in total. The number of fused-ring (bicyclic) bond motifs is 1. The van der Waals surface area contributed by atoms with Gasteiger partial charge in [0.05, 0.1) is 0 Å². The smallest absolute Gasteiger partial charge is 0.134 e. The highest BCUT2D eigenvalue weighted by Gasteiger charge is 2.21. The number of rotatable bonds is 1. The van der Waals surface area contributed by atoms with Crippen LogP contribution < -0.4 is 0 Å². The van der Waals surface area contributed by atoms with Gasteiger partial charge in [0, 0.05) is 18.2 Å². The van der Waals surface area contributed by atoms with E-state index in [4.69, 9.17) is 4.42 Å². The molecule has 0 saturated carbocycles. The molecule has 0 bridgehead atoms. The van der Waals surface area contributed by atoms with Gasteiger partial charge < -0.3 is 4.42 Å². The van der Waals surface area contributed by atoms with E-state index in [9.17, 15) is 0 Å². The molecule has 1 unspecified atom stereocenters. The molecule has 0 radical (unpaired) electrons. The summed E-state index contributed by atoms with van der Waals surface area (Å²) in [6.45, 7) is 5.40. The van der Waals surface area contributed by atoms with Crippen LogP contribution in [-0.2, 0) is 6.42 Å². The average Bonchev–Trinajstić information content (AvgIpc) is 2.80. The Morgan fingerprint density at radius 1 is 1.22 bits per heavy atom. The lowest BCUT2D eigenvalue weighted by Crippen LogP contribution is -2.30. The minimum absolute atomic E-state index is 0.491. The van der Waals surface area contributed by atoms with Crippen LogP contribution in [0.4, 0.5) is 0 Å². The first-order valence-electron chi connectivity index (χ1n) is 6.55. The van der Waals surface area contributed by atoms with Crippen molar-refractivity contribution < 1.29 is 4.42 Å². The number of likely N-dealkylation sites (N-methyl/N-ethyl adjacent to an activating group) is 1. The molecule has 18 heavy (non-hydrogen) atoms. The topological polar surface area (TPSA) is 16.4 Å². The van der Waals surface area contributed by atoms with Gasteiger partial charge in [-0.3, -0.25) is 4.90 Å². The van der Waals surface area contributed by atoms with E-state index in [0.29, 0.717) is 6.04 Å². The number of aryl methyl sites for hydroxylation is 1. The Bertz CT molecular complexity index is 570. The van der Waals surface area contributed by atoms with E-state index in [0.717, 1.165) is 24.5 Å². The standard InChI is InChI=1S/C16H19NO/c1-11-4-7-16(18-11)14-6-5-13-8-9-17(3)12(2)15(13)10-14/h4-7,10,12H,8-9H2,1-3H3. The van der Waals surface area contributed by atoms with Gasteiger partial charge in [-0.15, -0.1) is 0 Å². The lowest BCUT2D eigenvalue weighted by molar-refractivity contribution is 0.247. The molecule has 1 aromatic heterocycles. The normalized spacial score (nSPS) is 19.8. The van der Waals surface area contributed by atoms with E-state index in [1.807, 2.05) is 19.1 Å². The lowest BCUT2D eigenvalue weighted by Gasteiger charge is -2.32. The molecule has 0 spiro atoms. The van der Waals surface area contributed by atoms with Crippen LogP contribution >= 0.6 is 0 Å². The maximum atomic E-state index is 5.71. The number of nitrogens with zero attached hydrogens (tertiary/aromatic N) is 1. The van der Waals surface area contributed by atoms with Gasteiger partial charge in [-0.25, -0.2) is 0 Å². The molecule has 1 atom stereocenters. The molecule has 1 aromatic carbocycles. The second kappa shape index (κ2) is 4.29. The summed E-state index contributed by atoms with van der Waals surface area (Å²) >= 11 is 0. The van der Waals surface area contributed by atoms with Gasteiger partial charge in [-0.1, -0.05) is 12.1 Å². The van der Waals surface area contributed by atoms with Crippen molar-refractivity contribution in [2.24, 2.45) is 0 Å². The second-order valence-electron chi connectivity index (χ2n) is 5.23. The predicted molar refractivity (Wildman–Crippen MR) is 73.6 cm³/mol. The van der Waals surface area contributed by atoms with Crippen molar-refractivity contribution in [1.29, 1.82) is 0 Å². The molecule has 94 valence electrons. The quantitative estimate of drug-likeness (QED) is 0.755. The van der Waals surface area contributed by atoms with E-state index < -0.39 is 0 Å². The first kappa shape index (κ1) is 11.5. The fourth-order valence-corrected chi connectivity index (χ4v) is 2.68. The summed E-state index contributed by atoms with van der Waals surface area (Å²) in [4.78, 5) is 2.40. The summed E-state index contributed by atoms with van der Waals surface area (Å²) < 4.78 is 5.71. The highest BCUT2D eigenvalue weighted by Crippen LogP contribution is 2.32. The van der Waals surface area contributed by atoms with Crippen molar-refractivity contribution in [3.63, 3.8) is 0 Å². The van der Waals surface area contributed by atoms with Crippen LogP contribution in [0.1, 0.15) is 29.9 Å². The van der Waals surface area contributed by atoms with Crippen LogP contribution in [0.5, 0.6) is 0 Å². The summed E-state index contributed by atoms with van der Waals surface area (Å²) in [6.07, 6.45) is 1.15. The molecule has 3 rings (SSSR count). The van der Waals surface area contributed by atoms with E-state index in [1.165, 1.54) is 16.7 Å². The Morgan fingerprint density at radius 3 is 2.78 bits per heavy atom. The second-order valence-corrected chi connectivity index (χ2v) is 5.23. The van der Waals surface area contributed by atoms with Gasteiger partial charge in [-0.2, -0.15) is 0 Å². The Morgan fingerprint density at radius 2 is 2.06 bits per heavy atom. The summed E-state index contributed by atoms with van der Waals surface area (Å²) in [6, 6.07) is 11.3. The maximum Gasteiger partial charge on any atom is 0.134 e. The van der Waals surface area contributed by atoms with Crippen molar-refractivity contribution in [3.05, 3.63) is 47.2 Å². The number of furan rings is 1. The third kappa shape index (κ3) is 1.87. The van der Waals surface area contributed by atoms with Gasteiger partial charge in [0.25, 0.3) is 0 Å². The van der Waals surface area contributed by atoms with E-state index in [-0.39, 0.29) is 0 Å². The van der Waals surface area contributed by atoms with Crippen molar-refractivity contribution in [3.8, 4) is 11.3 Å². The fourth-order valence-electron chi connectivity index (χ4n) is 2.68. The zero-order valence-corrected chi connectivity index (χ0v) is 11.2. The Kier molecular flexibility index (Phi) is 2.75. The molecule has 0 aliphatic carbocycles. The molecule has 0 amide bonds. The average molecular weight is 241 g/mol. The molecular weight excluding hydrogens is 222 g/mol. The summed E-state index contributed by atoms with van der Waals surface area (Å²) in [5, 5.41) is 0. The molecule has 2 aromatic rings. The highest BCUT2D eigenvalue weighted by molar-refractivity contribution is 5.60. The van der Waals surface area contributed by atoms with Crippen LogP contribution in [0.2, 0.25) is 0 Å². The summed E-state index contributed by atoms with van der Waals surface area (Å²) in [5.74, 6) is 1.93. The molecule has 0 fully saturated rings. The molecule has 2 heteroatoms. The SMILES string of the molecule is Cc1ccc(-c2ccc3c(c2)C(C)N(C)CC3)o1. The van der Waals surface area contributed by atoms with E-state index >= 15 is 0 Å². The number of hydrogen-bond acceptors (Lipinski definition) is 2. The van der Waals surface area contributed by atoms with E-state index in [1.54, 1.807) is 0 Å². The van der Waals surface area contributed by atoms with Gasteiger partial charge in [0.1, 0.15) is 11.5 Å². The fraction of sp³-hybridized carbons (Fsp3) is 0.375. The molecule has 0 saturated heterocycles. The number of benzene rings is 1. The third-order valence-electron chi connectivity index (χ3n) is 4.02. The molecule has 2 heterocycles. The van der Waals surface area contributed by atoms with Gasteiger partial charge in [0.15, 0.2) is 0 Å². The van der Waals surface area contributed by atoms with Crippen molar-refractivity contribution >= 4 is 0 Å². The minimum atomic E-state index is 0.491. The van der Waals surface area contributed by atoms with Crippen molar-refractivity contribution in [2.45, 2.75) is 26.3 Å². The monoisotopic (exact) mass is 241 g/mol. The molecule has 0 N–H and O–H groups in total. The maximum absolute atomic E-state index is 5.71. The first-order valence-corrected chi connectivity index (χ1v) is 6.55. The van der Waals surface area contributed by atoms with Crippen LogP contribution in [0.3, 0.4) is 0 Å². The van der Waals surface area contributed by atoms with Crippen LogP contribution in [0.25, 0.3) is 11.3 Å². The third-order valence-corrected chi connectivity index (χ3v) is 4.02. The summed E-state index contributed by atoms with van der Waals surface area (Å²) in [5.41, 5.74) is 4.10. The van der Waals surface area contributed by atoms with Gasteiger partial charge in [0.2, 0.25) is 0 Å². The number of hydrogen-bond donors (Lipinski definition) is 0. The van der Waals surface area contributed by atoms with Crippen molar-refractivity contribution in [2.75, 3.05) is 13.6 Å². The van der Waals surface area contributed by atoms with Crippen LogP contribution in [0.15, 0.2) is 34.7 Å². The highest BCUT2D eigenvalue weighted by atomic mass is 16.3. The van der Waals surface area contributed by atoms with Gasteiger partial charge in [-0.05, 0) is 56.6 Å². The lowest BCUT2D eigenvalue weighted by atomic mass is 9.92. The summed E-state index contributed by atoms with van der Waals surface area (Å²) in [7, 11) is 2.19.